The van der Waals surface area contributed by atoms with E-state index in [2.05, 4.69) is 35.5 Å². The normalized spacial score (nSPS) is 22.5. The van der Waals surface area contributed by atoms with E-state index in [1.807, 2.05) is 38.7 Å². The second-order valence-corrected chi connectivity index (χ2v) is 11.1. The van der Waals surface area contributed by atoms with Crippen LogP contribution in [0.4, 0.5) is 4.79 Å². The van der Waals surface area contributed by atoms with E-state index >= 15 is 0 Å². The van der Waals surface area contributed by atoms with Crippen LogP contribution in [0, 0.1) is 11.3 Å². The zero-order valence-corrected chi connectivity index (χ0v) is 21.3. The zero-order chi connectivity index (χ0) is 23.2. The maximum Gasteiger partial charge on any atom is 0.410 e. The Morgan fingerprint density at radius 2 is 1.97 bits per heavy atom. The van der Waals surface area contributed by atoms with E-state index in [0.29, 0.717) is 26.1 Å². The molecule has 0 N–H and O–H groups in total. The monoisotopic (exact) mass is 495 g/mol. The summed E-state index contributed by atoms with van der Waals surface area (Å²) in [5, 5.41) is 0. The highest BCUT2D eigenvalue weighted by Gasteiger charge is 2.44. The van der Waals surface area contributed by atoms with Gasteiger partial charge in [0, 0.05) is 17.9 Å². The lowest BCUT2D eigenvalue weighted by molar-refractivity contribution is -0.144. The molecule has 0 radical (unpaired) electrons. The number of rotatable bonds is 6. The summed E-state index contributed by atoms with van der Waals surface area (Å²) < 4.78 is 10.8. The Labute approximate surface area is 196 Å². The molecule has 0 aromatic heterocycles. The SMILES string of the molecule is C=C/C=C\C1=C(C(C)Br)CC2(CCN(C(=O)OC(C)(C)C)CC2)CC1CC(=O)OCC. The predicted octanol–water partition coefficient (Wildman–Crippen LogP) is 6.19. The van der Waals surface area contributed by atoms with Crippen LogP contribution in [0.1, 0.15) is 66.7 Å². The molecule has 0 aromatic rings. The number of ether oxygens (including phenoxy) is 2. The molecule has 2 aliphatic rings. The van der Waals surface area contributed by atoms with Crippen molar-refractivity contribution >= 4 is 28.0 Å². The van der Waals surface area contributed by atoms with Gasteiger partial charge in [-0.25, -0.2) is 4.79 Å². The first kappa shape index (κ1) is 25.7. The van der Waals surface area contributed by atoms with Crippen molar-refractivity contribution in [1.82, 2.24) is 4.90 Å². The Morgan fingerprint density at radius 1 is 1.32 bits per heavy atom. The number of carbonyl (C=O) groups is 2. The van der Waals surface area contributed by atoms with Crippen LogP contribution >= 0.6 is 15.9 Å². The van der Waals surface area contributed by atoms with Gasteiger partial charge in [0.05, 0.1) is 13.0 Å². The van der Waals surface area contributed by atoms with Crippen LogP contribution in [-0.2, 0) is 14.3 Å². The molecule has 0 aromatic carbocycles. The number of allylic oxidation sites excluding steroid dienone is 5. The number of hydrogen-bond donors (Lipinski definition) is 0. The maximum absolute atomic E-state index is 12.5. The van der Waals surface area contributed by atoms with Gasteiger partial charge in [0.25, 0.3) is 0 Å². The molecule has 31 heavy (non-hydrogen) atoms. The largest absolute Gasteiger partial charge is 0.466 e. The van der Waals surface area contributed by atoms with Crippen molar-refractivity contribution in [3.05, 3.63) is 36.0 Å². The Hall–Kier alpha value is -1.56. The summed E-state index contributed by atoms with van der Waals surface area (Å²) in [7, 11) is 0. The van der Waals surface area contributed by atoms with Crippen LogP contribution in [0.5, 0.6) is 0 Å². The summed E-state index contributed by atoms with van der Waals surface area (Å²) in [5.41, 5.74) is 2.15. The average molecular weight is 496 g/mol. The van der Waals surface area contributed by atoms with Gasteiger partial charge in [-0.05, 0) is 77.2 Å². The van der Waals surface area contributed by atoms with Crippen LogP contribution in [0.25, 0.3) is 0 Å². The van der Waals surface area contributed by atoms with E-state index < -0.39 is 5.60 Å². The number of esters is 1. The fourth-order valence-electron chi connectivity index (χ4n) is 4.73. The van der Waals surface area contributed by atoms with E-state index in [4.69, 9.17) is 9.47 Å². The molecule has 5 nitrogen and oxygen atoms in total. The van der Waals surface area contributed by atoms with E-state index in [-0.39, 0.29) is 28.2 Å². The van der Waals surface area contributed by atoms with Crippen molar-refractivity contribution in [2.24, 2.45) is 11.3 Å². The highest BCUT2D eigenvalue weighted by Crippen LogP contribution is 2.51. The summed E-state index contributed by atoms with van der Waals surface area (Å²) in [6.45, 7) is 15.2. The molecule has 6 heteroatoms. The number of nitrogens with zero attached hydrogens (tertiary/aromatic N) is 1. The summed E-state index contributed by atoms with van der Waals surface area (Å²) in [5.74, 6) is -0.0473. The van der Waals surface area contributed by atoms with Crippen molar-refractivity contribution in [3.8, 4) is 0 Å². The van der Waals surface area contributed by atoms with Crippen molar-refractivity contribution in [1.29, 1.82) is 0 Å². The van der Waals surface area contributed by atoms with E-state index in [9.17, 15) is 9.59 Å². The molecule has 1 spiro atoms. The molecule has 2 unspecified atom stereocenters. The van der Waals surface area contributed by atoms with E-state index in [1.54, 1.807) is 6.08 Å². The lowest BCUT2D eigenvalue weighted by Crippen LogP contribution is -2.47. The van der Waals surface area contributed by atoms with Gasteiger partial charge in [0.15, 0.2) is 0 Å². The maximum atomic E-state index is 12.5. The average Bonchev–Trinajstić information content (AvgIpc) is 2.66. The summed E-state index contributed by atoms with van der Waals surface area (Å²) in [6, 6.07) is 0. The topological polar surface area (TPSA) is 55.8 Å². The number of likely N-dealkylation sites (tertiary alicyclic amines) is 1. The first-order chi connectivity index (χ1) is 14.5. The third-order valence-electron chi connectivity index (χ3n) is 6.14. The standard InChI is InChI=1S/C25H38BrNO4/c1-7-9-10-20-19(15-22(28)30-8-2)16-25(17-21(20)18(3)26)11-13-27(14-12-25)23(29)31-24(4,5)6/h7,9-10,18-19H,1,8,11-17H2,2-6H3/b10-9-. The Kier molecular flexibility index (Phi) is 8.99. The second-order valence-electron chi connectivity index (χ2n) is 9.75. The molecule has 2 rings (SSSR count). The molecule has 1 aliphatic heterocycles. The summed E-state index contributed by atoms with van der Waals surface area (Å²) in [4.78, 5) is 26.9. The Morgan fingerprint density at radius 3 is 2.48 bits per heavy atom. The van der Waals surface area contributed by atoms with E-state index in [0.717, 1.165) is 25.7 Å². The van der Waals surface area contributed by atoms with Gasteiger partial charge >= 0.3 is 12.1 Å². The molecule has 1 saturated heterocycles. The summed E-state index contributed by atoms with van der Waals surface area (Å²) >= 11 is 3.79. The van der Waals surface area contributed by atoms with Gasteiger partial charge < -0.3 is 14.4 Å². The van der Waals surface area contributed by atoms with Crippen LogP contribution < -0.4 is 0 Å². The molecule has 174 valence electrons. The minimum Gasteiger partial charge on any atom is -0.466 e. The van der Waals surface area contributed by atoms with Gasteiger partial charge in [-0.3, -0.25) is 4.79 Å². The Balaban J connectivity index is 2.25. The van der Waals surface area contributed by atoms with Gasteiger partial charge in [-0.1, -0.05) is 46.3 Å². The molecule has 1 heterocycles. The molecule has 0 bridgehead atoms. The Bertz CT molecular complexity index is 724. The fourth-order valence-corrected chi connectivity index (χ4v) is 5.16. The number of carbonyl (C=O) groups excluding carboxylic acids is 2. The lowest BCUT2D eigenvalue weighted by atomic mass is 9.61. The lowest BCUT2D eigenvalue weighted by Gasteiger charge is -2.48. The molecule has 0 saturated carbocycles. The number of piperidine rings is 1. The van der Waals surface area contributed by atoms with Gasteiger partial charge in [-0.2, -0.15) is 0 Å². The van der Waals surface area contributed by atoms with E-state index in [1.165, 1.54) is 11.1 Å². The first-order valence-corrected chi connectivity index (χ1v) is 12.2. The molecule has 1 aliphatic carbocycles. The minimum absolute atomic E-state index is 0.0819. The molecular weight excluding hydrogens is 458 g/mol. The van der Waals surface area contributed by atoms with Crippen molar-refractivity contribution in [3.63, 3.8) is 0 Å². The number of hydrogen-bond acceptors (Lipinski definition) is 4. The third kappa shape index (κ3) is 7.23. The number of alkyl halides is 1. The minimum atomic E-state index is -0.491. The van der Waals surface area contributed by atoms with Crippen LogP contribution in [0.2, 0.25) is 0 Å². The number of amides is 1. The zero-order valence-electron chi connectivity index (χ0n) is 19.7. The van der Waals surface area contributed by atoms with Crippen LogP contribution in [0.3, 0.4) is 0 Å². The molecular formula is C25H38BrNO4. The predicted molar refractivity (Wildman–Crippen MR) is 128 cm³/mol. The fraction of sp³-hybridized carbons (Fsp3) is 0.680. The molecule has 2 atom stereocenters. The van der Waals surface area contributed by atoms with Crippen molar-refractivity contribution in [2.45, 2.75) is 77.2 Å². The highest BCUT2D eigenvalue weighted by atomic mass is 79.9. The molecule has 1 fully saturated rings. The molecule has 1 amide bonds. The van der Waals surface area contributed by atoms with Crippen LogP contribution in [-0.4, -0.2) is 47.1 Å². The van der Waals surface area contributed by atoms with Gasteiger partial charge in [-0.15, -0.1) is 0 Å². The third-order valence-corrected chi connectivity index (χ3v) is 6.69. The number of halogens is 1. The van der Waals surface area contributed by atoms with Gasteiger partial charge in [0.2, 0.25) is 0 Å². The quantitative estimate of drug-likeness (QED) is 0.250. The van der Waals surface area contributed by atoms with Crippen LogP contribution in [0.15, 0.2) is 36.0 Å². The first-order valence-electron chi connectivity index (χ1n) is 11.3. The smallest absolute Gasteiger partial charge is 0.410 e. The highest BCUT2D eigenvalue weighted by molar-refractivity contribution is 9.09. The van der Waals surface area contributed by atoms with Crippen molar-refractivity contribution < 1.29 is 19.1 Å². The van der Waals surface area contributed by atoms with Gasteiger partial charge in [0.1, 0.15) is 5.60 Å². The second kappa shape index (κ2) is 10.8. The van der Waals surface area contributed by atoms with Crippen molar-refractivity contribution in [2.75, 3.05) is 19.7 Å². The summed E-state index contributed by atoms with van der Waals surface area (Å²) in [6.07, 6.45) is 9.69.